The van der Waals surface area contributed by atoms with E-state index in [1.807, 2.05) is 0 Å². The van der Waals surface area contributed by atoms with Gasteiger partial charge in [0.05, 0.1) is 6.61 Å². The van der Waals surface area contributed by atoms with Crippen LogP contribution < -0.4 is 0 Å². The molecule has 1 N–H and O–H groups in total. The van der Waals surface area contributed by atoms with Gasteiger partial charge < -0.3 is 5.11 Å². The predicted octanol–water partition coefficient (Wildman–Crippen LogP) is 1.67. The van der Waals surface area contributed by atoms with E-state index in [1.165, 1.54) is 19.3 Å². The molecule has 2 fully saturated rings. The standard InChI is InChI=1S/C7H13NO.C2HF3O2/c1-4-8(5-1)9-6-7-2-3-7;3-2(4,5)1(6)7/h7H,1-6H2;(H,6,7). The second kappa shape index (κ2) is 5.49. The monoisotopic (exact) mass is 241 g/mol. The molecule has 0 unspecified atom stereocenters. The van der Waals surface area contributed by atoms with Gasteiger partial charge in [-0.15, -0.1) is 0 Å². The third-order valence-corrected chi connectivity index (χ3v) is 2.25. The average molecular weight is 241 g/mol. The second-order valence-electron chi connectivity index (χ2n) is 3.82. The highest BCUT2D eigenvalue weighted by Crippen LogP contribution is 2.29. The molecular weight excluding hydrogens is 227 g/mol. The van der Waals surface area contributed by atoms with Crippen molar-refractivity contribution in [2.45, 2.75) is 25.4 Å². The number of alkyl halides is 3. The molecule has 1 aliphatic carbocycles. The molecule has 4 nitrogen and oxygen atoms in total. The zero-order chi connectivity index (χ0) is 12.2. The lowest BCUT2D eigenvalue weighted by Crippen LogP contribution is -2.37. The zero-order valence-corrected chi connectivity index (χ0v) is 8.66. The first-order valence-electron chi connectivity index (χ1n) is 5.07. The highest BCUT2D eigenvalue weighted by atomic mass is 19.4. The summed E-state index contributed by atoms with van der Waals surface area (Å²) in [5.41, 5.74) is 0. The van der Waals surface area contributed by atoms with E-state index in [-0.39, 0.29) is 0 Å². The van der Waals surface area contributed by atoms with Gasteiger partial charge in [0.25, 0.3) is 0 Å². The lowest BCUT2D eigenvalue weighted by Gasteiger charge is -2.29. The zero-order valence-electron chi connectivity index (χ0n) is 8.66. The van der Waals surface area contributed by atoms with Crippen molar-refractivity contribution < 1.29 is 27.9 Å². The van der Waals surface area contributed by atoms with Crippen LogP contribution in [0, 0.1) is 5.92 Å². The van der Waals surface area contributed by atoms with Crippen LogP contribution in [0.4, 0.5) is 13.2 Å². The molecule has 1 aliphatic heterocycles. The molecule has 1 heterocycles. The molecule has 0 aromatic carbocycles. The summed E-state index contributed by atoms with van der Waals surface area (Å²) in [6.45, 7) is 3.30. The Morgan fingerprint density at radius 3 is 2.12 bits per heavy atom. The largest absolute Gasteiger partial charge is 0.490 e. The molecule has 16 heavy (non-hydrogen) atoms. The minimum absolute atomic E-state index is 0.908. The van der Waals surface area contributed by atoms with Gasteiger partial charge in [0, 0.05) is 13.1 Å². The van der Waals surface area contributed by atoms with Gasteiger partial charge in [0.15, 0.2) is 0 Å². The van der Waals surface area contributed by atoms with Gasteiger partial charge in [0.2, 0.25) is 0 Å². The van der Waals surface area contributed by atoms with Crippen LogP contribution in [0.1, 0.15) is 19.3 Å². The molecule has 0 aromatic heterocycles. The Labute approximate surface area is 90.9 Å². The maximum absolute atomic E-state index is 10.6. The highest BCUT2D eigenvalue weighted by Gasteiger charge is 2.38. The summed E-state index contributed by atoms with van der Waals surface area (Å²) < 4.78 is 31.7. The van der Waals surface area contributed by atoms with Crippen LogP contribution in [0.2, 0.25) is 0 Å². The van der Waals surface area contributed by atoms with E-state index in [1.54, 1.807) is 0 Å². The van der Waals surface area contributed by atoms with E-state index < -0.39 is 12.1 Å². The van der Waals surface area contributed by atoms with Crippen LogP contribution in [0.15, 0.2) is 0 Å². The lowest BCUT2D eigenvalue weighted by atomic mass is 10.3. The number of carboxylic acids is 1. The predicted molar refractivity (Wildman–Crippen MR) is 48.6 cm³/mol. The smallest absolute Gasteiger partial charge is 0.475 e. The fourth-order valence-electron chi connectivity index (χ4n) is 0.912. The molecule has 0 radical (unpaired) electrons. The van der Waals surface area contributed by atoms with E-state index in [4.69, 9.17) is 14.7 Å². The fraction of sp³-hybridized carbons (Fsp3) is 0.889. The maximum Gasteiger partial charge on any atom is 0.490 e. The third kappa shape index (κ3) is 5.32. The molecular formula is C9H14F3NO3. The van der Waals surface area contributed by atoms with Gasteiger partial charge in [0.1, 0.15) is 0 Å². The molecule has 0 amide bonds. The molecule has 7 heteroatoms. The summed E-state index contributed by atoms with van der Waals surface area (Å²) in [7, 11) is 0. The van der Waals surface area contributed by atoms with E-state index >= 15 is 0 Å². The van der Waals surface area contributed by atoms with Crippen molar-refractivity contribution in [3.8, 4) is 0 Å². The number of hydrogen-bond acceptors (Lipinski definition) is 3. The Morgan fingerprint density at radius 2 is 1.88 bits per heavy atom. The number of halogens is 3. The van der Waals surface area contributed by atoms with Crippen molar-refractivity contribution in [2.24, 2.45) is 5.92 Å². The number of hydrogen-bond donors (Lipinski definition) is 1. The van der Waals surface area contributed by atoms with Crippen LogP contribution in [0.5, 0.6) is 0 Å². The quantitative estimate of drug-likeness (QED) is 0.816. The number of carboxylic acid groups (broad SMARTS) is 1. The van der Waals surface area contributed by atoms with Gasteiger partial charge in [-0.05, 0) is 25.2 Å². The van der Waals surface area contributed by atoms with E-state index in [0.717, 1.165) is 25.6 Å². The van der Waals surface area contributed by atoms with Crippen molar-refractivity contribution in [1.82, 2.24) is 5.06 Å². The van der Waals surface area contributed by atoms with Crippen molar-refractivity contribution in [3.63, 3.8) is 0 Å². The van der Waals surface area contributed by atoms with Crippen LogP contribution >= 0.6 is 0 Å². The summed E-state index contributed by atoms with van der Waals surface area (Å²) >= 11 is 0. The van der Waals surface area contributed by atoms with Gasteiger partial charge in [-0.1, -0.05) is 0 Å². The van der Waals surface area contributed by atoms with Crippen LogP contribution in [-0.2, 0) is 9.63 Å². The number of hydroxylamine groups is 2. The first-order valence-corrected chi connectivity index (χ1v) is 5.07. The Balaban J connectivity index is 0.000000168. The molecule has 2 rings (SSSR count). The molecule has 0 spiro atoms. The van der Waals surface area contributed by atoms with E-state index in [9.17, 15) is 13.2 Å². The first kappa shape index (κ1) is 13.2. The Bertz CT molecular complexity index is 237. The average Bonchev–Trinajstić information content (AvgIpc) is 2.84. The van der Waals surface area contributed by atoms with Crippen LogP contribution in [-0.4, -0.2) is 42.0 Å². The van der Waals surface area contributed by atoms with Gasteiger partial charge in [-0.25, -0.2) is 4.79 Å². The summed E-state index contributed by atoms with van der Waals surface area (Å²) in [4.78, 5) is 14.3. The van der Waals surface area contributed by atoms with Crippen LogP contribution in [0.3, 0.4) is 0 Å². The van der Waals surface area contributed by atoms with Gasteiger partial charge >= 0.3 is 12.1 Å². The summed E-state index contributed by atoms with van der Waals surface area (Å²) in [6.07, 6.45) is -0.966. The normalized spacial score (nSPS) is 20.7. The molecule has 2 aliphatic rings. The SMILES string of the molecule is C1CN(OCC2CC2)C1.O=C(O)C(F)(F)F. The van der Waals surface area contributed by atoms with Crippen LogP contribution in [0.25, 0.3) is 0 Å². The third-order valence-electron chi connectivity index (χ3n) is 2.25. The number of carbonyl (C=O) groups is 1. The Morgan fingerprint density at radius 1 is 1.38 bits per heavy atom. The van der Waals surface area contributed by atoms with Crippen molar-refractivity contribution in [1.29, 1.82) is 0 Å². The van der Waals surface area contributed by atoms with Crippen molar-refractivity contribution in [3.05, 3.63) is 0 Å². The summed E-state index contributed by atoms with van der Waals surface area (Å²) in [5, 5.41) is 9.19. The number of rotatable bonds is 3. The van der Waals surface area contributed by atoms with E-state index in [2.05, 4.69) is 5.06 Å². The van der Waals surface area contributed by atoms with Gasteiger partial charge in [-0.2, -0.15) is 18.2 Å². The number of nitrogens with zero attached hydrogens (tertiary/aromatic N) is 1. The van der Waals surface area contributed by atoms with E-state index in [0.29, 0.717) is 0 Å². The molecule has 0 atom stereocenters. The lowest BCUT2D eigenvalue weighted by molar-refractivity contribution is -0.199. The van der Waals surface area contributed by atoms with Crippen molar-refractivity contribution in [2.75, 3.05) is 19.7 Å². The molecule has 0 aromatic rings. The molecule has 94 valence electrons. The second-order valence-corrected chi connectivity index (χ2v) is 3.82. The highest BCUT2D eigenvalue weighted by molar-refractivity contribution is 5.73. The fourth-order valence-corrected chi connectivity index (χ4v) is 0.912. The number of aliphatic carboxylic acids is 1. The minimum Gasteiger partial charge on any atom is -0.475 e. The summed E-state index contributed by atoms with van der Waals surface area (Å²) in [6, 6.07) is 0. The van der Waals surface area contributed by atoms with Crippen molar-refractivity contribution >= 4 is 5.97 Å². The van der Waals surface area contributed by atoms with Gasteiger partial charge in [-0.3, -0.25) is 4.84 Å². The Kier molecular flexibility index (Phi) is 4.55. The summed E-state index contributed by atoms with van der Waals surface area (Å²) in [5.74, 6) is -1.85. The molecule has 1 saturated heterocycles. The Hall–Kier alpha value is -0.820. The minimum atomic E-state index is -5.08. The molecule has 0 bridgehead atoms. The topological polar surface area (TPSA) is 49.8 Å². The molecule has 1 saturated carbocycles. The maximum atomic E-state index is 10.6. The first-order chi connectivity index (χ1) is 7.39.